The van der Waals surface area contributed by atoms with Crippen molar-refractivity contribution in [3.63, 3.8) is 0 Å². The number of nitrogens with zero attached hydrogens (tertiary/aromatic N) is 4. The molecule has 4 amide bonds. The van der Waals surface area contributed by atoms with E-state index >= 15 is 0 Å². The summed E-state index contributed by atoms with van der Waals surface area (Å²) in [5.41, 5.74) is 4.55. The smallest absolute Gasteiger partial charge is 0.229 e. The van der Waals surface area contributed by atoms with Crippen molar-refractivity contribution >= 4 is 46.6 Å². The molecule has 0 bridgehead atoms. The minimum Gasteiger partial charge on any atom is -0.326 e. The monoisotopic (exact) mass is 620 g/mol. The van der Waals surface area contributed by atoms with E-state index in [0.717, 1.165) is 48.2 Å². The number of carbonyl (C=O) groups excluding carboxylic acids is 4. The standard InChI is InChI=1S/C34H36N8O4/c1-21(43)35-27-10-3-6-23(16-27)18-33(45)37-31-14-12-29(39-41-31)25-8-5-9-26(20-25)30-13-15-32(42-40-30)38-34(46)19-24-7-4-11-28(17-24)36-22(2)44/h3-4,6-7,10-17,25-26H,5,8-9,18-20H2,1-2H3,(H,35,43)(H,36,44)(H,37,41,45)(H,38,42,46)/t25-,26-/m0/s1. The molecular weight excluding hydrogens is 584 g/mol. The highest BCUT2D eigenvalue weighted by Gasteiger charge is 2.27. The third-order valence-corrected chi connectivity index (χ3v) is 7.64. The van der Waals surface area contributed by atoms with E-state index in [2.05, 4.69) is 41.7 Å². The van der Waals surface area contributed by atoms with Gasteiger partial charge in [-0.2, -0.15) is 10.2 Å². The van der Waals surface area contributed by atoms with Crippen LogP contribution in [0.15, 0.2) is 72.8 Å². The van der Waals surface area contributed by atoms with Crippen LogP contribution in [-0.2, 0) is 32.0 Å². The molecule has 0 saturated heterocycles. The van der Waals surface area contributed by atoms with Gasteiger partial charge in [-0.25, -0.2) is 0 Å². The molecule has 1 aliphatic carbocycles. The molecule has 0 unspecified atom stereocenters. The lowest BCUT2D eigenvalue weighted by molar-refractivity contribution is -0.116. The van der Waals surface area contributed by atoms with Gasteiger partial charge < -0.3 is 21.3 Å². The molecule has 46 heavy (non-hydrogen) atoms. The summed E-state index contributed by atoms with van der Waals surface area (Å²) in [6.07, 6.45) is 4.08. The minimum absolute atomic E-state index is 0.137. The fraction of sp³-hybridized carbons (Fsp3) is 0.294. The summed E-state index contributed by atoms with van der Waals surface area (Å²) in [4.78, 5) is 47.8. The van der Waals surface area contributed by atoms with E-state index in [1.807, 2.05) is 24.3 Å². The molecule has 2 atom stereocenters. The van der Waals surface area contributed by atoms with Crippen LogP contribution in [0.2, 0.25) is 0 Å². The first-order valence-corrected chi connectivity index (χ1v) is 15.2. The van der Waals surface area contributed by atoms with E-state index in [-0.39, 0.29) is 48.3 Å². The number of hydrogen-bond acceptors (Lipinski definition) is 8. The van der Waals surface area contributed by atoms with E-state index < -0.39 is 0 Å². The van der Waals surface area contributed by atoms with Crippen molar-refractivity contribution in [3.05, 3.63) is 95.3 Å². The highest BCUT2D eigenvalue weighted by Crippen LogP contribution is 2.40. The highest BCUT2D eigenvalue weighted by molar-refractivity contribution is 5.93. The molecular formula is C34H36N8O4. The number of anilines is 4. The SMILES string of the molecule is CC(=O)Nc1cccc(CC(=O)Nc2ccc([C@H]3CCC[C@H](c4ccc(NC(=O)Cc5cccc(NC(C)=O)c5)nn4)C3)nn2)c1. The lowest BCUT2D eigenvalue weighted by Gasteiger charge is -2.28. The second kappa shape index (κ2) is 15.0. The molecule has 0 radical (unpaired) electrons. The molecule has 2 aromatic carbocycles. The number of carbonyl (C=O) groups is 4. The van der Waals surface area contributed by atoms with Gasteiger partial charge in [0.15, 0.2) is 11.6 Å². The summed E-state index contributed by atoms with van der Waals surface area (Å²) < 4.78 is 0. The van der Waals surface area contributed by atoms with Gasteiger partial charge in [0, 0.05) is 37.1 Å². The maximum absolute atomic E-state index is 12.6. The molecule has 4 N–H and O–H groups in total. The predicted molar refractivity (Wildman–Crippen MR) is 174 cm³/mol. The van der Waals surface area contributed by atoms with Crippen molar-refractivity contribution in [2.75, 3.05) is 21.3 Å². The van der Waals surface area contributed by atoms with Crippen molar-refractivity contribution in [1.82, 2.24) is 20.4 Å². The number of rotatable bonds is 10. The van der Waals surface area contributed by atoms with Crippen LogP contribution >= 0.6 is 0 Å². The van der Waals surface area contributed by atoms with Gasteiger partial charge in [-0.3, -0.25) is 19.2 Å². The zero-order valence-corrected chi connectivity index (χ0v) is 25.7. The summed E-state index contributed by atoms with van der Waals surface area (Å²) >= 11 is 0. The van der Waals surface area contributed by atoms with E-state index in [0.29, 0.717) is 23.0 Å². The summed E-state index contributed by atoms with van der Waals surface area (Å²) in [5.74, 6) is 0.348. The molecule has 2 aromatic heterocycles. The fourth-order valence-corrected chi connectivity index (χ4v) is 5.65. The van der Waals surface area contributed by atoms with Crippen LogP contribution in [0.1, 0.15) is 73.9 Å². The normalized spacial score (nSPS) is 15.8. The van der Waals surface area contributed by atoms with E-state index in [1.165, 1.54) is 13.8 Å². The topological polar surface area (TPSA) is 168 Å². The van der Waals surface area contributed by atoms with Crippen LogP contribution in [-0.4, -0.2) is 44.0 Å². The van der Waals surface area contributed by atoms with Gasteiger partial charge >= 0.3 is 0 Å². The van der Waals surface area contributed by atoms with E-state index in [1.54, 1.807) is 48.5 Å². The third-order valence-electron chi connectivity index (χ3n) is 7.64. The first-order valence-electron chi connectivity index (χ1n) is 15.2. The van der Waals surface area contributed by atoms with Crippen molar-refractivity contribution in [3.8, 4) is 0 Å². The molecule has 0 spiro atoms. The highest BCUT2D eigenvalue weighted by atomic mass is 16.2. The predicted octanol–water partition coefficient (Wildman–Crippen LogP) is 4.99. The lowest BCUT2D eigenvalue weighted by Crippen LogP contribution is -2.18. The van der Waals surface area contributed by atoms with Crippen molar-refractivity contribution < 1.29 is 19.2 Å². The average Bonchev–Trinajstić information content (AvgIpc) is 3.01. The Kier molecular flexibility index (Phi) is 10.4. The average molecular weight is 621 g/mol. The Hall–Kier alpha value is -5.52. The first-order chi connectivity index (χ1) is 22.2. The minimum atomic E-state index is -0.228. The first kappa shape index (κ1) is 31.9. The second-order valence-electron chi connectivity index (χ2n) is 11.5. The van der Waals surface area contributed by atoms with Crippen LogP contribution in [0, 0.1) is 0 Å². The van der Waals surface area contributed by atoms with Gasteiger partial charge in [-0.1, -0.05) is 30.7 Å². The van der Waals surface area contributed by atoms with Gasteiger partial charge in [0.05, 0.1) is 24.2 Å². The number of hydrogen-bond donors (Lipinski definition) is 4. The van der Waals surface area contributed by atoms with E-state index in [9.17, 15) is 19.2 Å². The molecule has 5 rings (SSSR count). The van der Waals surface area contributed by atoms with Crippen LogP contribution < -0.4 is 21.3 Å². The van der Waals surface area contributed by atoms with E-state index in [4.69, 9.17) is 0 Å². The van der Waals surface area contributed by atoms with Crippen molar-refractivity contribution in [2.45, 2.75) is 64.2 Å². The Balaban J connectivity index is 1.12. The number of nitrogens with one attached hydrogen (secondary N) is 4. The number of aromatic nitrogens is 4. The molecule has 2 heterocycles. The molecule has 1 fully saturated rings. The Bertz CT molecular complexity index is 1580. The van der Waals surface area contributed by atoms with Gasteiger partial charge in [0.2, 0.25) is 23.6 Å². The van der Waals surface area contributed by atoms with Gasteiger partial charge in [-0.15, -0.1) is 10.2 Å². The lowest BCUT2D eigenvalue weighted by atomic mass is 9.78. The Morgan fingerprint density at radius 2 is 1.07 bits per heavy atom. The zero-order valence-electron chi connectivity index (χ0n) is 25.7. The van der Waals surface area contributed by atoms with Gasteiger partial charge in [-0.05, 0) is 78.9 Å². The number of benzene rings is 2. The quantitative estimate of drug-likeness (QED) is 0.192. The van der Waals surface area contributed by atoms with Gasteiger partial charge in [0.1, 0.15) is 0 Å². The third kappa shape index (κ3) is 9.24. The van der Waals surface area contributed by atoms with Crippen molar-refractivity contribution in [2.24, 2.45) is 0 Å². The number of amides is 4. The molecule has 0 aliphatic heterocycles. The second-order valence-corrected chi connectivity index (χ2v) is 11.5. The largest absolute Gasteiger partial charge is 0.326 e. The summed E-state index contributed by atoms with van der Waals surface area (Å²) in [6, 6.07) is 21.6. The summed E-state index contributed by atoms with van der Waals surface area (Å²) in [5, 5.41) is 28.4. The summed E-state index contributed by atoms with van der Waals surface area (Å²) in [6.45, 7) is 2.87. The molecule has 1 saturated carbocycles. The van der Waals surface area contributed by atoms with Crippen LogP contribution in [0.3, 0.4) is 0 Å². The molecule has 236 valence electrons. The van der Waals surface area contributed by atoms with Gasteiger partial charge in [0.25, 0.3) is 0 Å². The Labute approximate surface area is 266 Å². The van der Waals surface area contributed by atoms with Crippen LogP contribution in [0.4, 0.5) is 23.0 Å². The maximum atomic E-state index is 12.6. The Morgan fingerprint density at radius 3 is 1.46 bits per heavy atom. The molecule has 12 heteroatoms. The maximum Gasteiger partial charge on any atom is 0.229 e. The van der Waals surface area contributed by atoms with Crippen LogP contribution in [0.25, 0.3) is 0 Å². The Morgan fingerprint density at radius 1 is 0.609 bits per heavy atom. The molecule has 12 nitrogen and oxygen atoms in total. The van der Waals surface area contributed by atoms with Crippen molar-refractivity contribution in [1.29, 1.82) is 0 Å². The fourth-order valence-electron chi connectivity index (χ4n) is 5.65. The zero-order chi connectivity index (χ0) is 32.5. The molecule has 1 aliphatic rings. The van der Waals surface area contributed by atoms with Crippen LogP contribution in [0.5, 0.6) is 0 Å². The summed E-state index contributed by atoms with van der Waals surface area (Å²) in [7, 11) is 0. The molecule has 4 aromatic rings.